The molecule has 0 spiro atoms. The average molecular weight is 400 g/mol. The highest BCUT2D eigenvalue weighted by molar-refractivity contribution is 5.80. The summed E-state index contributed by atoms with van der Waals surface area (Å²) in [6.07, 6.45) is 5.12. The van der Waals surface area contributed by atoms with Gasteiger partial charge in [0.25, 0.3) is 0 Å². The third-order valence-electron chi connectivity index (χ3n) is 4.99. The minimum atomic E-state index is 0.546. The van der Waals surface area contributed by atoms with Crippen LogP contribution in [0.4, 0.5) is 0 Å². The normalized spacial score (nSPS) is 17.1. The summed E-state index contributed by atoms with van der Waals surface area (Å²) >= 11 is 0. The van der Waals surface area contributed by atoms with Gasteiger partial charge in [0.1, 0.15) is 0 Å². The Morgan fingerprint density at radius 3 is 2.90 bits per heavy atom. The van der Waals surface area contributed by atoms with Gasteiger partial charge in [-0.25, -0.2) is 4.99 Å². The molecule has 1 atom stereocenters. The second-order valence-corrected chi connectivity index (χ2v) is 7.37. The molecule has 1 saturated heterocycles. The minimum Gasteiger partial charge on any atom is -0.382 e. The van der Waals surface area contributed by atoms with Crippen molar-refractivity contribution in [2.75, 3.05) is 46.6 Å². The van der Waals surface area contributed by atoms with E-state index in [-0.39, 0.29) is 0 Å². The van der Waals surface area contributed by atoms with E-state index in [2.05, 4.69) is 52.7 Å². The van der Waals surface area contributed by atoms with Crippen LogP contribution in [-0.2, 0) is 22.6 Å². The highest BCUT2D eigenvalue weighted by atomic mass is 16.5. The van der Waals surface area contributed by atoms with Crippen LogP contribution >= 0.6 is 0 Å². The van der Waals surface area contributed by atoms with Crippen LogP contribution in [-0.4, -0.2) is 67.2 Å². The Morgan fingerprint density at radius 1 is 1.24 bits per heavy atom. The monoisotopic (exact) mass is 399 g/mol. The summed E-state index contributed by atoms with van der Waals surface area (Å²) in [6.45, 7) is 8.46. The molecule has 2 heterocycles. The Balaban J connectivity index is 1.52. The molecular formula is C22H33N5O2. The van der Waals surface area contributed by atoms with Gasteiger partial charge in [-0.05, 0) is 18.9 Å². The van der Waals surface area contributed by atoms with Gasteiger partial charge in [0, 0.05) is 44.4 Å². The molecule has 1 fully saturated rings. The fraction of sp³-hybridized carbons (Fsp3) is 0.545. The Morgan fingerprint density at radius 2 is 2.10 bits per heavy atom. The topological polar surface area (TPSA) is 63.9 Å². The molecule has 0 saturated carbocycles. The molecule has 1 aliphatic rings. The van der Waals surface area contributed by atoms with Crippen molar-refractivity contribution in [3.05, 3.63) is 53.9 Å². The van der Waals surface area contributed by atoms with Gasteiger partial charge in [-0.15, -0.1) is 0 Å². The second-order valence-electron chi connectivity index (χ2n) is 7.37. The molecule has 7 nitrogen and oxygen atoms in total. The molecule has 29 heavy (non-hydrogen) atoms. The number of hydrogen-bond donors (Lipinski definition) is 1. The maximum absolute atomic E-state index is 5.70. The van der Waals surface area contributed by atoms with Crippen molar-refractivity contribution in [2.24, 2.45) is 10.9 Å². The fourth-order valence-electron chi connectivity index (χ4n) is 3.49. The molecule has 1 aromatic heterocycles. The van der Waals surface area contributed by atoms with E-state index >= 15 is 0 Å². The van der Waals surface area contributed by atoms with Crippen LogP contribution in [0.5, 0.6) is 0 Å². The van der Waals surface area contributed by atoms with Gasteiger partial charge in [-0.3, -0.25) is 4.68 Å². The van der Waals surface area contributed by atoms with E-state index in [0.717, 1.165) is 50.7 Å². The molecule has 0 bridgehead atoms. The number of guanidine groups is 1. The Labute approximate surface area is 173 Å². The summed E-state index contributed by atoms with van der Waals surface area (Å²) in [6, 6.07) is 10.4. The van der Waals surface area contributed by atoms with Crippen LogP contribution in [0.1, 0.15) is 24.5 Å². The molecule has 7 heteroatoms. The predicted octanol–water partition coefficient (Wildman–Crippen LogP) is 2.38. The number of aliphatic imine (C=N–C) groups is 1. The van der Waals surface area contributed by atoms with E-state index in [4.69, 9.17) is 14.5 Å². The third kappa shape index (κ3) is 6.87. The first-order valence-corrected chi connectivity index (χ1v) is 10.4. The third-order valence-corrected chi connectivity index (χ3v) is 4.99. The number of likely N-dealkylation sites (tertiary alicyclic amines) is 1. The summed E-state index contributed by atoms with van der Waals surface area (Å²) in [7, 11) is 1.70. The number of rotatable bonds is 10. The van der Waals surface area contributed by atoms with Crippen molar-refractivity contribution in [1.29, 1.82) is 0 Å². The first kappa shape index (κ1) is 21.3. The summed E-state index contributed by atoms with van der Waals surface area (Å²) in [5.74, 6) is 1.52. The highest BCUT2D eigenvalue weighted by Gasteiger charge is 2.24. The van der Waals surface area contributed by atoms with E-state index in [1.54, 1.807) is 7.11 Å². The van der Waals surface area contributed by atoms with Crippen LogP contribution < -0.4 is 5.32 Å². The molecule has 158 valence electrons. The summed E-state index contributed by atoms with van der Waals surface area (Å²) in [5, 5.41) is 7.91. The van der Waals surface area contributed by atoms with E-state index in [1.165, 1.54) is 5.56 Å². The largest absolute Gasteiger partial charge is 0.382 e. The van der Waals surface area contributed by atoms with Crippen LogP contribution in [0.25, 0.3) is 0 Å². The number of nitrogens with one attached hydrogen (secondary N) is 1. The first-order valence-electron chi connectivity index (χ1n) is 10.4. The zero-order valence-electron chi connectivity index (χ0n) is 17.6. The van der Waals surface area contributed by atoms with Crippen LogP contribution in [0, 0.1) is 5.92 Å². The quantitative estimate of drug-likeness (QED) is 0.378. The Bertz CT molecular complexity index is 747. The van der Waals surface area contributed by atoms with Crippen molar-refractivity contribution in [2.45, 2.75) is 26.4 Å². The van der Waals surface area contributed by atoms with Gasteiger partial charge in [0.05, 0.1) is 39.1 Å². The van der Waals surface area contributed by atoms with Gasteiger partial charge in [0.2, 0.25) is 0 Å². The lowest BCUT2D eigenvalue weighted by atomic mass is 10.1. The van der Waals surface area contributed by atoms with Crippen molar-refractivity contribution in [3.63, 3.8) is 0 Å². The predicted molar refractivity (Wildman–Crippen MR) is 115 cm³/mol. The zero-order valence-corrected chi connectivity index (χ0v) is 17.6. The Kier molecular flexibility index (Phi) is 8.52. The Hall–Kier alpha value is -2.38. The molecule has 0 amide bonds. The van der Waals surface area contributed by atoms with E-state index in [1.807, 2.05) is 16.9 Å². The van der Waals surface area contributed by atoms with E-state index < -0.39 is 0 Å². The number of methoxy groups -OCH3 is 1. The smallest absolute Gasteiger partial charge is 0.194 e. The molecule has 0 aliphatic carbocycles. The van der Waals surface area contributed by atoms with Gasteiger partial charge < -0.3 is 19.7 Å². The number of benzene rings is 1. The molecular weight excluding hydrogens is 366 g/mol. The van der Waals surface area contributed by atoms with Crippen molar-refractivity contribution in [3.8, 4) is 0 Å². The molecule has 2 aromatic rings. The van der Waals surface area contributed by atoms with Gasteiger partial charge in [0.15, 0.2) is 5.96 Å². The highest BCUT2D eigenvalue weighted by Crippen LogP contribution is 2.17. The summed E-state index contributed by atoms with van der Waals surface area (Å²) in [5.41, 5.74) is 2.37. The van der Waals surface area contributed by atoms with Crippen molar-refractivity contribution in [1.82, 2.24) is 20.0 Å². The molecule has 1 aromatic carbocycles. The molecule has 1 unspecified atom stereocenters. The first-order chi connectivity index (χ1) is 14.3. The molecule has 0 radical (unpaired) electrons. The maximum Gasteiger partial charge on any atom is 0.194 e. The minimum absolute atomic E-state index is 0.546. The van der Waals surface area contributed by atoms with Gasteiger partial charge >= 0.3 is 0 Å². The molecule has 1 aliphatic heterocycles. The second kappa shape index (κ2) is 11.6. The lowest BCUT2D eigenvalue weighted by molar-refractivity contribution is 0.0536. The maximum atomic E-state index is 5.70. The fourth-order valence-corrected chi connectivity index (χ4v) is 3.49. The van der Waals surface area contributed by atoms with E-state index in [0.29, 0.717) is 25.7 Å². The molecule has 3 rings (SSSR count). The lowest BCUT2D eigenvalue weighted by Crippen LogP contribution is -2.40. The lowest BCUT2D eigenvalue weighted by Gasteiger charge is -2.21. The van der Waals surface area contributed by atoms with Crippen molar-refractivity contribution < 1.29 is 9.47 Å². The van der Waals surface area contributed by atoms with Gasteiger partial charge in [-0.1, -0.05) is 30.3 Å². The zero-order chi connectivity index (χ0) is 20.3. The average Bonchev–Trinajstić information content (AvgIpc) is 3.39. The standard InChI is InChI=1S/C22H33N5O2/c1-3-23-22(26-10-9-20(15-26)18-29-12-11-28-2)24-13-21-14-25-27(17-21)16-19-7-5-4-6-8-19/h4-8,14,17,20H,3,9-13,15-16,18H2,1-2H3,(H,23,24). The van der Waals surface area contributed by atoms with Crippen LogP contribution in [0.2, 0.25) is 0 Å². The van der Waals surface area contributed by atoms with Gasteiger partial charge in [-0.2, -0.15) is 5.10 Å². The van der Waals surface area contributed by atoms with Crippen molar-refractivity contribution >= 4 is 5.96 Å². The summed E-state index contributed by atoms with van der Waals surface area (Å²) in [4.78, 5) is 7.18. The van der Waals surface area contributed by atoms with E-state index in [9.17, 15) is 0 Å². The number of nitrogens with zero attached hydrogens (tertiary/aromatic N) is 4. The SMILES string of the molecule is CCNC(=NCc1cnn(Cc2ccccc2)c1)N1CCC(COCCOC)C1. The molecule has 1 N–H and O–H groups in total. The number of ether oxygens (including phenoxy) is 2. The number of aromatic nitrogens is 2. The summed E-state index contributed by atoms with van der Waals surface area (Å²) < 4.78 is 12.7. The number of hydrogen-bond acceptors (Lipinski definition) is 4. The van der Waals surface area contributed by atoms with Crippen LogP contribution in [0.3, 0.4) is 0 Å². The van der Waals surface area contributed by atoms with Crippen LogP contribution in [0.15, 0.2) is 47.7 Å².